The minimum absolute atomic E-state index is 0.0978. The van der Waals surface area contributed by atoms with Crippen molar-refractivity contribution in [2.24, 2.45) is 0 Å². The van der Waals surface area contributed by atoms with Crippen molar-refractivity contribution >= 4 is 17.6 Å². The van der Waals surface area contributed by atoms with E-state index in [1.54, 1.807) is 6.20 Å². The highest BCUT2D eigenvalue weighted by Gasteiger charge is 2.23. The number of anilines is 1. The summed E-state index contributed by atoms with van der Waals surface area (Å²) in [5.41, 5.74) is 6.30. The highest BCUT2D eigenvalue weighted by Crippen LogP contribution is 2.27. The lowest BCUT2D eigenvalue weighted by atomic mass is 10.3. The lowest BCUT2D eigenvalue weighted by Gasteiger charge is -2.18. The zero-order valence-electron chi connectivity index (χ0n) is 8.92. The molecule has 1 atom stereocenters. The van der Waals surface area contributed by atoms with Crippen molar-refractivity contribution in [2.75, 3.05) is 23.8 Å². The maximum absolute atomic E-state index is 5.68. The normalized spacial score (nSPS) is 20.6. The largest absolute Gasteiger partial charge is 0.383 e. The number of nitrogens with two attached hydrogens (primary N) is 1. The van der Waals surface area contributed by atoms with Crippen LogP contribution in [0.25, 0.3) is 11.5 Å². The highest BCUT2D eigenvalue weighted by atomic mass is 32.2. The van der Waals surface area contributed by atoms with Crippen molar-refractivity contribution in [1.29, 1.82) is 0 Å². The number of thioether (sulfide) groups is 1. The van der Waals surface area contributed by atoms with Gasteiger partial charge in [-0.2, -0.15) is 21.8 Å². The van der Waals surface area contributed by atoms with Gasteiger partial charge in [0, 0.05) is 11.5 Å². The molecule has 0 aromatic carbocycles. The number of H-pyrrole nitrogens is 1. The van der Waals surface area contributed by atoms with E-state index < -0.39 is 0 Å². The Bertz CT molecular complexity index is 505. The van der Waals surface area contributed by atoms with Gasteiger partial charge in [-0.3, -0.25) is 5.10 Å². The van der Waals surface area contributed by atoms with Crippen molar-refractivity contribution in [3.63, 3.8) is 0 Å². The van der Waals surface area contributed by atoms with Crippen molar-refractivity contribution in [1.82, 2.24) is 20.3 Å². The molecule has 17 heavy (non-hydrogen) atoms. The molecule has 1 aliphatic rings. The summed E-state index contributed by atoms with van der Waals surface area (Å²) in [7, 11) is 0. The van der Waals surface area contributed by atoms with Gasteiger partial charge in [0.2, 0.25) is 5.82 Å². The van der Waals surface area contributed by atoms with Crippen LogP contribution in [0.1, 0.15) is 11.9 Å². The summed E-state index contributed by atoms with van der Waals surface area (Å²) in [4.78, 5) is 4.28. The van der Waals surface area contributed by atoms with Gasteiger partial charge in [-0.1, -0.05) is 5.16 Å². The molecule has 0 spiro atoms. The van der Waals surface area contributed by atoms with Crippen LogP contribution in [0.4, 0.5) is 5.82 Å². The molecular weight excluding hydrogens is 242 g/mol. The molecule has 2 aromatic rings. The Kier molecular flexibility index (Phi) is 2.73. The molecule has 0 bridgehead atoms. The maximum atomic E-state index is 5.68. The quantitative estimate of drug-likeness (QED) is 0.817. The number of nitrogens with zero attached hydrogens (tertiary/aromatic N) is 3. The van der Waals surface area contributed by atoms with Crippen LogP contribution in [0.15, 0.2) is 10.7 Å². The van der Waals surface area contributed by atoms with Crippen LogP contribution < -0.4 is 5.73 Å². The summed E-state index contributed by atoms with van der Waals surface area (Å²) in [5.74, 6) is 3.20. The molecule has 1 fully saturated rings. The molecule has 1 unspecified atom stereocenters. The minimum atomic E-state index is -0.0978. The summed E-state index contributed by atoms with van der Waals surface area (Å²) < 4.78 is 10.7. The Balaban J connectivity index is 1.85. The number of aromatic amines is 1. The number of ether oxygens (including phenoxy) is 1. The van der Waals surface area contributed by atoms with Crippen molar-refractivity contribution in [3.8, 4) is 11.5 Å². The number of aromatic nitrogens is 4. The predicted octanol–water partition coefficient (Wildman–Crippen LogP) is 0.846. The Labute approximate surface area is 101 Å². The van der Waals surface area contributed by atoms with Crippen molar-refractivity contribution < 1.29 is 9.26 Å². The van der Waals surface area contributed by atoms with E-state index in [-0.39, 0.29) is 6.10 Å². The van der Waals surface area contributed by atoms with Crippen LogP contribution in [0, 0.1) is 0 Å². The van der Waals surface area contributed by atoms with Crippen molar-refractivity contribution in [2.45, 2.75) is 6.10 Å². The van der Waals surface area contributed by atoms with Crippen molar-refractivity contribution in [3.05, 3.63) is 12.0 Å². The van der Waals surface area contributed by atoms with Crippen LogP contribution in [-0.4, -0.2) is 38.5 Å². The van der Waals surface area contributed by atoms with Gasteiger partial charge in [0.15, 0.2) is 0 Å². The van der Waals surface area contributed by atoms with Gasteiger partial charge in [-0.25, -0.2) is 0 Å². The molecule has 0 aliphatic carbocycles. The third-order valence-corrected chi connectivity index (χ3v) is 3.44. The zero-order chi connectivity index (χ0) is 11.7. The number of rotatable bonds is 2. The second-order valence-electron chi connectivity index (χ2n) is 3.59. The van der Waals surface area contributed by atoms with Crippen LogP contribution >= 0.6 is 11.8 Å². The van der Waals surface area contributed by atoms with E-state index in [0.717, 1.165) is 11.5 Å². The average molecular weight is 253 g/mol. The summed E-state index contributed by atoms with van der Waals surface area (Å²) in [6.07, 6.45) is 1.46. The van der Waals surface area contributed by atoms with E-state index in [9.17, 15) is 0 Å². The first-order valence-corrected chi connectivity index (χ1v) is 6.32. The maximum Gasteiger partial charge on any atom is 0.263 e. The third kappa shape index (κ3) is 2.01. The number of hydrogen-bond acceptors (Lipinski definition) is 7. The Morgan fingerprint density at radius 3 is 3.18 bits per heavy atom. The summed E-state index contributed by atoms with van der Waals surface area (Å²) >= 11 is 1.82. The third-order valence-electron chi connectivity index (χ3n) is 2.44. The highest BCUT2D eigenvalue weighted by molar-refractivity contribution is 7.99. The van der Waals surface area contributed by atoms with Crippen LogP contribution in [0.5, 0.6) is 0 Å². The summed E-state index contributed by atoms with van der Waals surface area (Å²) in [6, 6.07) is 0. The van der Waals surface area contributed by atoms with E-state index in [1.807, 2.05) is 11.8 Å². The molecule has 8 heteroatoms. The average Bonchev–Trinajstić information content (AvgIpc) is 2.98. The van der Waals surface area contributed by atoms with Gasteiger partial charge in [-0.15, -0.1) is 0 Å². The first kappa shape index (κ1) is 10.6. The monoisotopic (exact) mass is 253 g/mol. The number of hydrogen-bond donors (Lipinski definition) is 2. The second-order valence-corrected chi connectivity index (χ2v) is 4.74. The molecule has 2 aromatic heterocycles. The molecule has 1 aliphatic heterocycles. The smallest absolute Gasteiger partial charge is 0.263 e. The van der Waals surface area contributed by atoms with E-state index in [2.05, 4.69) is 20.3 Å². The van der Waals surface area contributed by atoms with Gasteiger partial charge in [0.1, 0.15) is 17.5 Å². The second kappa shape index (κ2) is 4.38. The minimum Gasteiger partial charge on any atom is -0.383 e. The fraction of sp³-hybridized carbons (Fsp3) is 0.444. The molecule has 3 rings (SSSR count). The lowest BCUT2D eigenvalue weighted by molar-refractivity contribution is 0.0677. The molecule has 0 radical (unpaired) electrons. The van der Waals surface area contributed by atoms with Gasteiger partial charge in [-0.05, 0) is 0 Å². The van der Waals surface area contributed by atoms with E-state index >= 15 is 0 Å². The molecule has 7 nitrogen and oxygen atoms in total. The number of nitrogens with one attached hydrogen (secondary N) is 1. The molecule has 3 heterocycles. The lowest BCUT2D eigenvalue weighted by Crippen LogP contribution is -2.16. The molecular formula is C9H11N5O2S. The van der Waals surface area contributed by atoms with Crippen LogP contribution in [0.3, 0.4) is 0 Å². The zero-order valence-corrected chi connectivity index (χ0v) is 9.74. The van der Waals surface area contributed by atoms with E-state index in [1.165, 1.54) is 0 Å². The molecule has 0 saturated carbocycles. The molecule has 3 N–H and O–H groups in total. The molecule has 1 saturated heterocycles. The molecule has 90 valence electrons. The number of nitrogen functional groups attached to an aromatic ring is 1. The van der Waals surface area contributed by atoms with E-state index in [0.29, 0.717) is 29.7 Å². The standard InChI is InChI=1S/C9H11N5O2S/c10-7-5(3-11-13-7)9-12-8(14-16-9)6-4-17-2-1-15-6/h3,6H,1-2,4H2,(H3,10,11,13). The Hall–Kier alpha value is -1.54. The summed E-state index contributed by atoms with van der Waals surface area (Å²) in [6.45, 7) is 0.715. The topological polar surface area (TPSA) is 103 Å². The van der Waals surface area contributed by atoms with Crippen LogP contribution in [-0.2, 0) is 4.74 Å². The predicted molar refractivity (Wildman–Crippen MR) is 62.3 cm³/mol. The van der Waals surface area contributed by atoms with Gasteiger partial charge in [0.25, 0.3) is 5.89 Å². The van der Waals surface area contributed by atoms with Gasteiger partial charge >= 0.3 is 0 Å². The van der Waals surface area contributed by atoms with Gasteiger partial charge < -0.3 is 15.0 Å². The fourth-order valence-corrected chi connectivity index (χ4v) is 2.42. The Morgan fingerprint density at radius 2 is 2.47 bits per heavy atom. The first-order valence-electron chi connectivity index (χ1n) is 5.17. The SMILES string of the molecule is Nc1[nH]ncc1-c1nc(C2CSCCO2)no1. The Morgan fingerprint density at radius 1 is 1.53 bits per heavy atom. The fourth-order valence-electron chi connectivity index (χ4n) is 1.58. The van der Waals surface area contributed by atoms with E-state index in [4.69, 9.17) is 15.0 Å². The first-order chi connectivity index (χ1) is 8.34. The van der Waals surface area contributed by atoms with Crippen LogP contribution in [0.2, 0.25) is 0 Å². The summed E-state index contributed by atoms with van der Waals surface area (Å²) in [5, 5.41) is 10.3. The molecule has 0 amide bonds. The van der Waals surface area contributed by atoms with Gasteiger partial charge in [0.05, 0.1) is 12.8 Å².